The van der Waals surface area contributed by atoms with E-state index in [1.165, 1.54) is 6.42 Å². The summed E-state index contributed by atoms with van der Waals surface area (Å²) in [6.07, 6.45) is 4.98. The number of aromatic nitrogens is 2. The molecular weight excluding hydrogens is 262 g/mol. The number of nitrogens with one attached hydrogen (secondary N) is 1. The van der Waals surface area contributed by atoms with Crippen LogP contribution < -0.4 is 5.32 Å². The number of hydrogen-bond donors (Lipinski definition) is 2. The summed E-state index contributed by atoms with van der Waals surface area (Å²) in [5.74, 6) is 0.0329. The van der Waals surface area contributed by atoms with Gasteiger partial charge in [0.05, 0.1) is 17.8 Å². The molecule has 0 radical (unpaired) electrons. The average molecular weight is 283 g/mol. The van der Waals surface area contributed by atoms with Crippen LogP contribution in [0.4, 0.5) is 0 Å². The molecule has 0 aliphatic heterocycles. The Bertz CT molecular complexity index is 439. The molecule has 106 valence electrons. The molecule has 0 aromatic carbocycles. The van der Waals surface area contributed by atoms with Gasteiger partial charge in [-0.1, -0.05) is 37.6 Å². The lowest BCUT2D eigenvalue weighted by molar-refractivity contribution is 0.0761. The van der Waals surface area contributed by atoms with Gasteiger partial charge in [0.1, 0.15) is 4.88 Å². The number of carbonyl (C=O) groups excluding carboxylic acids is 1. The first-order chi connectivity index (χ1) is 9.08. The van der Waals surface area contributed by atoms with Crippen molar-refractivity contribution in [2.75, 3.05) is 6.61 Å². The van der Waals surface area contributed by atoms with E-state index in [0.29, 0.717) is 4.88 Å². The Morgan fingerprint density at radius 1 is 1.42 bits per heavy atom. The number of aliphatic hydroxyl groups is 1. The smallest absolute Gasteiger partial charge is 0.265 e. The summed E-state index contributed by atoms with van der Waals surface area (Å²) < 4.78 is 3.87. The zero-order valence-corrected chi connectivity index (χ0v) is 12.3. The maximum atomic E-state index is 12.4. The third-order valence-electron chi connectivity index (χ3n) is 3.76. The number of amides is 1. The molecule has 5 nitrogen and oxygen atoms in total. The lowest BCUT2D eigenvalue weighted by Crippen LogP contribution is -2.52. The molecule has 0 unspecified atom stereocenters. The molecule has 0 saturated heterocycles. The van der Waals surface area contributed by atoms with Crippen molar-refractivity contribution in [3.8, 4) is 0 Å². The van der Waals surface area contributed by atoms with Crippen molar-refractivity contribution >= 4 is 17.4 Å². The second-order valence-electron chi connectivity index (χ2n) is 5.60. The van der Waals surface area contributed by atoms with Gasteiger partial charge in [0.25, 0.3) is 5.91 Å². The minimum Gasteiger partial charge on any atom is -0.394 e. The van der Waals surface area contributed by atoms with Crippen molar-refractivity contribution in [2.24, 2.45) is 0 Å². The van der Waals surface area contributed by atoms with E-state index in [2.05, 4.69) is 14.9 Å². The largest absolute Gasteiger partial charge is 0.394 e. The molecule has 0 atom stereocenters. The molecule has 0 spiro atoms. The Kier molecular flexibility index (Phi) is 4.52. The fourth-order valence-electron chi connectivity index (χ4n) is 2.58. The molecule has 6 heteroatoms. The molecule has 1 aromatic heterocycles. The first-order valence-corrected chi connectivity index (χ1v) is 7.61. The van der Waals surface area contributed by atoms with Gasteiger partial charge in [0, 0.05) is 0 Å². The van der Waals surface area contributed by atoms with E-state index in [4.69, 9.17) is 0 Å². The second kappa shape index (κ2) is 5.96. The normalized spacial score (nSPS) is 18.5. The minimum absolute atomic E-state index is 0.00197. The quantitative estimate of drug-likeness (QED) is 0.887. The predicted octanol–water partition coefficient (Wildman–Crippen LogP) is 2.09. The molecule has 2 rings (SSSR count). The number of carbonyl (C=O) groups is 1. The topological polar surface area (TPSA) is 75.1 Å². The molecule has 1 fully saturated rings. The zero-order chi connectivity index (χ0) is 13.9. The summed E-state index contributed by atoms with van der Waals surface area (Å²) >= 11 is 1.13. The van der Waals surface area contributed by atoms with Gasteiger partial charge in [-0.25, -0.2) is 0 Å². The van der Waals surface area contributed by atoms with Crippen molar-refractivity contribution in [1.82, 2.24) is 14.9 Å². The van der Waals surface area contributed by atoms with Crippen LogP contribution in [0.3, 0.4) is 0 Å². The van der Waals surface area contributed by atoms with Gasteiger partial charge in [0.2, 0.25) is 0 Å². The summed E-state index contributed by atoms with van der Waals surface area (Å²) in [7, 11) is 0. The lowest BCUT2D eigenvalue weighted by Gasteiger charge is -2.36. The summed E-state index contributed by atoms with van der Waals surface area (Å²) in [4.78, 5) is 12.9. The van der Waals surface area contributed by atoms with E-state index < -0.39 is 5.54 Å². The van der Waals surface area contributed by atoms with Crippen molar-refractivity contribution < 1.29 is 9.90 Å². The summed E-state index contributed by atoms with van der Waals surface area (Å²) in [5.41, 5.74) is 0.291. The van der Waals surface area contributed by atoms with Crippen LogP contribution >= 0.6 is 11.5 Å². The van der Waals surface area contributed by atoms with E-state index in [1.807, 2.05) is 13.8 Å². The Labute approximate surface area is 117 Å². The Balaban J connectivity index is 2.13. The van der Waals surface area contributed by atoms with Gasteiger partial charge in [-0.05, 0) is 30.3 Å². The van der Waals surface area contributed by atoms with Crippen molar-refractivity contribution in [3.63, 3.8) is 0 Å². The molecular formula is C13H21N3O2S. The monoisotopic (exact) mass is 283 g/mol. The Hall–Kier alpha value is -1.01. The molecule has 0 bridgehead atoms. The van der Waals surface area contributed by atoms with Gasteiger partial charge >= 0.3 is 0 Å². The molecule has 1 aromatic rings. The lowest BCUT2D eigenvalue weighted by atomic mass is 9.82. The number of nitrogens with zero attached hydrogens (tertiary/aromatic N) is 2. The zero-order valence-electron chi connectivity index (χ0n) is 11.5. The third kappa shape index (κ3) is 3.12. The third-order valence-corrected chi connectivity index (χ3v) is 4.50. The van der Waals surface area contributed by atoms with Crippen LogP contribution in [0.2, 0.25) is 0 Å². The van der Waals surface area contributed by atoms with E-state index >= 15 is 0 Å². The fraction of sp³-hybridized carbons (Fsp3) is 0.769. The van der Waals surface area contributed by atoms with Crippen molar-refractivity contribution in [3.05, 3.63) is 10.6 Å². The first kappa shape index (κ1) is 14.4. The van der Waals surface area contributed by atoms with Crippen molar-refractivity contribution in [1.29, 1.82) is 0 Å². The number of hydrogen-bond acceptors (Lipinski definition) is 5. The van der Waals surface area contributed by atoms with Gasteiger partial charge < -0.3 is 10.4 Å². The molecule has 2 N–H and O–H groups in total. The molecule has 19 heavy (non-hydrogen) atoms. The van der Waals surface area contributed by atoms with Crippen LogP contribution in [-0.4, -0.2) is 32.7 Å². The highest BCUT2D eigenvalue weighted by atomic mass is 32.1. The summed E-state index contributed by atoms with van der Waals surface area (Å²) in [6, 6.07) is 0. The Morgan fingerprint density at radius 3 is 2.68 bits per heavy atom. The van der Waals surface area contributed by atoms with Crippen LogP contribution in [0.5, 0.6) is 0 Å². The maximum Gasteiger partial charge on any atom is 0.265 e. The second-order valence-corrected chi connectivity index (χ2v) is 6.35. The number of rotatable bonds is 4. The van der Waals surface area contributed by atoms with Crippen LogP contribution in [0, 0.1) is 0 Å². The van der Waals surface area contributed by atoms with E-state index in [0.717, 1.165) is 42.9 Å². The number of aliphatic hydroxyl groups excluding tert-OH is 1. The maximum absolute atomic E-state index is 12.4. The van der Waals surface area contributed by atoms with Gasteiger partial charge in [-0.15, -0.1) is 5.10 Å². The molecule has 1 heterocycles. The van der Waals surface area contributed by atoms with Gasteiger partial charge in [0.15, 0.2) is 0 Å². The molecule has 1 aliphatic carbocycles. The highest BCUT2D eigenvalue weighted by Gasteiger charge is 2.34. The van der Waals surface area contributed by atoms with Crippen LogP contribution in [0.1, 0.15) is 67.2 Å². The first-order valence-electron chi connectivity index (χ1n) is 6.83. The highest BCUT2D eigenvalue weighted by Crippen LogP contribution is 2.29. The van der Waals surface area contributed by atoms with E-state index in [9.17, 15) is 9.90 Å². The van der Waals surface area contributed by atoms with E-state index in [1.54, 1.807) is 0 Å². The molecule has 1 amide bonds. The standard InChI is InChI=1S/C13H21N3O2S/c1-9(2)10-11(19-16-15-10)12(18)14-13(8-17)6-4-3-5-7-13/h9,17H,3-8H2,1-2H3,(H,14,18). The van der Waals surface area contributed by atoms with Crippen LogP contribution in [-0.2, 0) is 0 Å². The average Bonchev–Trinajstić information content (AvgIpc) is 2.89. The predicted molar refractivity (Wildman–Crippen MR) is 74.4 cm³/mol. The fourth-order valence-corrected chi connectivity index (χ4v) is 3.30. The highest BCUT2D eigenvalue weighted by molar-refractivity contribution is 7.08. The van der Waals surface area contributed by atoms with E-state index in [-0.39, 0.29) is 18.4 Å². The molecule has 1 saturated carbocycles. The Morgan fingerprint density at radius 2 is 2.11 bits per heavy atom. The summed E-state index contributed by atoms with van der Waals surface area (Å²) in [5, 5.41) is 16.7. The molecule has 1 aliphatic rings. The van der Waals surface area contributed by atoms with Gasteiger partial charge in [-0.2, -0.15) is 0 Å². The summed E-state index contributed by atoms with van der Waals surface area (Å²) in [6.45, 7) is 3.99. The minimum atomic E-state index is -0.451. The van der Waals surface area contributed by atoms with Crippen LogP contribution in [0.25, 0.3) is 0 Å². The van der Waals surface area contributed by atoms with Crippen molar-refractivity contribution in [2.45, 2.75) is 57.4 Å². The van der Waals surface area contributed by atoms with Gasteiger partial charge in [-0.3, -0.25) is 4.79 Å². The SMILES string of the molecule is CC(C)c1nnsc1C(=O)NC1(CO)CCCCC1. The van der Waals surface area contributed by atoms with Crippen LogP contribution in [0.15, 0.2) is 0 Å².